The third-order valence-corrected chi connectivity index (χ3v) is 4.05. The lowest BCUT2D eigenvalue weighted by molar-refractivity contribution is 0.381. The van der Waals surface area contributed by atoms with E-state index >= 15 is 0 Å². The molecule has 0 aromatic rings. The Hall–Kier alpha value is -1.24. The van der Waals surface area contributed by atoms with Gasteiger partial charge in [-0.3, -0.25) is 0 Å². The molecule has 4 nitrogen and oxygen atoms in total. The summed E-state index contributed by atoms with van der Waals surface area (Å²) < 4.78 is 0. The van der Waals surface area contributed by atoms with Crippen molar-refractivity contribution in [3.8, 4) is 6.19 Å². The van der Waals surface area contributed by atoms with E-state index in [0.29, 0.717) is 5.96 Å². The summed E-state index contributed by atoms with van der Waals surface area (Å²) in [6.07, 6.45) is 17.1. The third kappa shape index (κ3) is 12.5. The fraction of sp³-hybridized carbons (Fsp3) is 0.889. The van der Waals surface area contributed by atoms with Gasteiger partial charge in [0.15, 0.2) is 0 Å². The molecule has 0 amide bonds. The lowest BCUT2D eigenvalue weighted by atomic mass is 10.1. The minimum absolute atomic E-state index is 0.393. The van der Waals surface area contributed by atoms with Crippen LogP contribution < -0.4 is 5.73 Å². The fourth-order valence-corrected chi connectivity index (χ4v) is 2.63. The SMILES string of the molecule is CCCCCCCCN(CCCCCCCC)C(N)=NC#N. The van der Waals surface area contributed by atoms with Crippen LogP contribution in [0.15, 0.2) is 4.99 Å². The molecular formula is C18H36N4. The normalized spacial score (nSPS) is 11.4. The van der Waals surface area contributed by atoms with Crippen molar-refractivity contribution in [3.05, 3.63) is 0 Å². The Balaban J connectivity index is 3.91. The summed E-state index contributed by atoms with van der Waals surface area (Å²) in [4.78, 5) is 5.79. The van der Waals surface area contributed by atoms with Crippen molar-refractivity contribution in [2.75, 3.05) is 13.1 Å². The van der Waals surface area contributed by atoms with E-state index in [-0.39, 0.29) is 0 Å². The Bertz CT molecular complexity index is 291. The maximum Gasteiger partial charge on any atom is 0.209 e. The monoisotopic (exact) mass is 308 g/mol. The Morgan fingerprint density at radius 1 is 0.818 bits per heavy atom. The zero-order valence-corrected chi connectivity index (χ0v) is 14.8. The van der Waals surface area contributed by atoms with Crippen molar-refractivity contribution in [1.29, 1.82) is 5.26 Å². The van der Waals surface area contributed by atoms with E-state index in [1.165, 1.54) is 64.2 Å². The van der Waals surface area contributed by atoms with Crippen molar-refractivity contribution >= 4 is 5.96 Å². The number of nitrogens with zero attached hydrogens (tertiary/aromatic N) is 3. The van der Waals surface area contributed by atoms with Gasteiger partial charge in [-0.2, -0.15) is 5.26 Å². The predicted molar refractivity (Wildman–Crippen MR) is 95.6 cm³/mol. The first-order valence-electron chi connectivity index (χ1n) is 9.23. The Labute approximate surface area is 137 Å². The molecule has 0 aliphatic carbocycles. The van der Waals surface area contributed by atoms with Crippen molar-refractivity contribution < 1.29 is 0 Å². The van der Waals surface area contributed by atoms with Crippen LogP contribution in [0.1, 0.15) is 90.9 Å². The highest BCUT2D eigenvalue weighted by molar-refractivity contribution is 5.78. The van der Waals surface area contributed by atoms with Gasteiger partial charge >= 0.3 is 0 Å². The van der Waals surface area contributed by atoms with E-state index in [4.69, 9.17) is 11.0 Å². The molecule has 0 aliphatic heterocycles. The van der Waals surface area contributed by atoms with Gasteiger partial charge in [-0.05, 0) is 12.8 Å². The number of hydrogen-bond donors (Lipinski definition) is 1. The number of unbranched alkanes of at least 4 members (excludes halogenated alkanes) is 10. The van der Waals surface area contributed by atoms with Gasteiger partial charge in [-0.25, -0.2) is 0 Å². The fourth-order valence-electron chi connectivity index (χ4n) is 2.63. The summed E-state index contributed by atoms with van der Waals surface area (Å²) in [6.45, 7) is 6.33. The summed E-state index contributed by atoms with van der Waals surface area (Å²) in [7, 11) is 0. The number of nitriles is 1. The largest absolute Gasteiger partial charge is 0.369 e. The molecular weight excluding hydrogens is 272 g/mol. The molecule has 4 heteroatoms. The first-order chi connectivity index (χ1) is 10.8. The number of rotatable bonds is 14. The van der Waals surface area contributed by atoms with Gasteiger partial charge < -0.3 is 10.6 Å². The molecule has 2 N–H and O–H groups in total. The third-order valence-electron chi connectivity index (χ3n) is 4.05. The van der Waals surface area contributed by atoms with Crippen molar-refractivity contribution in [2.24, 2.45) is 10.7 Å². The zero-order valence-electron chi connectivity index (χ0n) is 14.8. The van der Waals surface area contributed by atoms with Crippen molar-refractivity contribution in [3.63, 3.8) is 0 Å². The first kappa shape index (κ1) is 20.8. The molecule has 0 unspecified atom stereocenters. The average molecular weight is 309 g/mol. The standard InChI is InChI=1S/C18H36N4/c1-3-5-7-9-11-13-15-22(18(20)21-17-19)16-14-12-10-8-6-4-2/h3-16H2,1-2H3,(H2,20,21). The second-order valence-electron chi connectivity index (χ2n) is 6.09. The molecule has 0 rings (SSSR count). The van der Waals surface area contributed by atoms with E-state index in [2.05, 4.69) is 23.7 Å². The van der Waals surface area contributed by atoms with Gasteiger partial charge in [0.25, 0.3) is 0 Å². The van der Waals surface area contributed by atoms with Gasteiger partial charge in [0.2, 0.25) is 12.2 Å². The quantitative estimate of drug-likeness (QED) is 0.217. The smallest absolute Gasteiger partial charge is 0.209 e. The number of aliphatic imine (C=N–C) groups is 1. The van der Waals surface area contributed by atoms with Crippen LogP contribution in [-0.4, -0.2) is 23.9 Å². The van der Waals surface area contributed by atoms with Gasteiger partial charge in [-0.1, -0.05) is 78.1 Å². The Kier molecular flexibility index (Phi) is 15.2. The number of nitrogens with two attached hydrogens (primary N) is 1. The van der Waals surface area contributed by atoms with Crippen LogP contribution in [-0.2, 0) is 0 Å². The van der Waals surface area contributed by atoms with Crippen LogP contribution in [0.25, 0.3) is 0 Å². The van der Waals surface area contributed by atoms with Crippen LogP contribution in [0.2, 0.25) is 0 Å². The summed E-state index contributed by atoms with van der Waals surface area (Å²) in [5.74, 6) is 0.393. The average Bonchev–Trinajstić information content (AvgIpc) is 2.52. The highest BCUT2D eigenvalue weighted by Crippen LogP contribution is 2.08. The van der Waals surface area contributed by atoms with Crippen LogP contribution in [0.5, 0.6) is 0 Å². The maximum atomic E-state index is 8.68. The second kappa shape index (κ2) is 16.1. The van der Waals surface area contributed by atoms with Crippen LogP contribution in [0, 0.1) is 11.5 Å². The summed E-state index contributed by atoms with van der Waals surface area (Å²) in [5, 5.41) is 8.68. The van der Waals surface area contributed by atoms with Gasteiger partial charge in [0.1, 0.15) is 0 Å². The molecule has 0 saturated carbocycles. The van der Waals surface area contributed by atoms with Crippen LogP contribution in [0.3, 0.4) is 0 Å². The molecule has 0 heterocycles. The zero-order chi connectivity index (χ0) is 16.5. The lowest BCUT2D eigenvalue weighted by Gasteiger charge is -2.22. The molecule has 0 spiro atoms. The van der Waals surface area contributed by atoms with E-state index in [1.54, 1.807) is 6.19 Å². The predicted octanol–water partition coefficient (Wildman–Crippen LogP) is 4.81. The molecule has 0 saturated heterocycles. The summed E-state index contributed by atoms with van der Waals surface area (Å²) in [5.41, 5.74) is 5.91. The summed E-state index contributed by atoms with van der Waals surface area (Å²) in [6, 6.07) is 0. The minimum atomic E-state index is 0.393. The topological polar surface area (TPSA) is 65.4 Å². The van der Waals surface area contributed by atoms with E-state index in [9.17, 15) is 0 Å². The molecule has 0 aromatic carbocycles. The summed E-state index contributed by atoms with van der Waals surface area (Å²) >= 11 is 0. The van der Waals surface area contributed by atoms with E-state index in [1.807, 2.05) is 0 Å². The van der Waals surface area contributed by atoms with Gasteiger partial charge in [0, 0.05) is 13.1 Å². The number of hydrogen-bond acceptors (Lipinski definition) is 2. The van der Waals surface area contributed by atoms with E-state index < -0.39 is 0 Å². The van der Waals surface area contributed by atoms with Crippen LogP contribution in [0.4, 0.5) is 0 Å². The molecule has 0 aliphatic rings. The van der Waals surface area contributed by atoms with Gasteiger partial charge in [0.05, 0.1) is 0 Å². The van der Waals surface area contributed by atoms with Crippen molar-refractivity contribution in [2.45, 2.75) is 90.9 Å². The second-order valence-corrected chi connectivity index (χ2v) is 6.09. The lowest BCUT2D eigenvalue weighted by Crippen LogP contribution is -2.38. The molecule has 0 atom stereocenters. The molecule has 128 valence electrons. The van der Waals surface area contributed by atoms with Crippen molar-refractivity contribution in [1.82, 2.24) is 4.90 Å². The van der Waals surface area contributed by atoms with Crippen LogP contribution >= 0.6 is 0 Å². The highest BCUT2D eigenvalue weighted by atomic mass is 15.2. The molecule has 0 bridgehead atoms. The molecule has 0 fully saturated rings. The van der Waals surface area contributed by atoms with E-state index in [0.717, 1.165) is 25.9 Å². The Morgan fingerprint density at radius 3 is 1.64 bits per heavy atom. The first-order valence-corrected chi connectivity index (χ1v) is 9.23. The molecule has 0 radical (unpaired) electrons. The number of guanidine groups is 1. The highest BCUT2D eigenvalue weighted by Gasteiger charge is 2.07. The molecule has 22 heavy (non-hydrogen) atoms. The Morgan fingerprint density at radius 2 is 1.23 bits per heavy atom. The minimum Gasteiger partial charge on any atom is -0.369 e. The maximum absolute atomic E-state index is 8.68. The van der Waals surface area contributed by atoms with Gasteiger partial charge in [-0.15, -0.1) is 4.99 Å². The molecule has 0 aromatic heterocycles.